The van der Waals surface area contributed by atoms with E-state index in [4.69, 9.17) is 4.42 Å². The van der Waals surface area contributed by atoms with Crippen molar-refractivity contribution in [2.75, 3.05) is 0 Å². The highest BCUT2D eigenvalue weighted by molar-refractivity contribution is 5.71. The molecule has 0 saturated heterocycles. The summed E-state index contributed by atoms with van der Waals surface area (Å²) in [6, 6.07) is 0. The first kappa shape index (κ1) is 13.7. The van der Waals surface area contributed by atoms with Gasteiger partial charge in [0.05, 0.1) is 10.6 Å². The van der Waals surface area contributed by atoms with Gasteiger partial charge in [-0.15, -0.1) is 0 Å². The second-order valence-electron chi connectivity index (χ2n) is 6.50. The molecule has 114 valence electrons. The summed E-state index contributed by atoms with van der Waals surface area (Å²) in [4.78, 5) is 16.7. The summed E-state index contributed by atoms with van der Waals surface area (Å²) >= 11 is 0. The van der Waals surface area contributed by atoms with Crippen LogP contribution in [0.5, 0.6) is 0 Å². The largest absolute Gasteiger partial charge is 0.403 e. The maximum absolute atomic E-state index is 12.1. The first-order valence-corrected chi connectivity index (χ1v) is 8.36. The molecule has 1 heterocycles. The van der Waals surface area contributed by atoms with Crippen molar-refractivity contribution in [3.8, 4) is 0 Å². The molecular weight excluding hydrogens is 274 g/mol. The molecule has 3 nitrogen and oxygen atoms in total. The first-order chi connectivity index (χ1) is 10.7. The van der Waals surface area contributed by atoms with Gasteiger partial charge in [-0.05, 0) is 36.0 Å². The first-order valence-electron chi connectivity index (χ1n) is 8.36. The van der Waals surface area contributed by atoms with Crippen molar-refractivity contribution < 1.29 is 4.42 Å². The summed E-state index contributed by atoms with van der Waals surface area (Å²) < 4.78 is 5.45. The summed E-state index contributed by atoms with van der Waals surface area (Å²) in [7, 11) is 0. The minimum Gasteiger partial charge on any atom is -0.403 e. The van der Waals surface area contributed by atoms with Crippen molar-refractivity contribution in [3.05, 3.63) is 45.1 Å². The zero-order chi connectivity index (χ0) is 15.4. The number of allylic oxidation sites excluding steroid dienone is 4. The molecule has 4 aliphatic carbocycles. The number of hydrogen-bond acceptors (Lipinski definition) is 3. The van der Waals surface area contributed by atoms with E-state index in [1.165, 1.54) is 0 Å². The lowest BCUT2D eigenvalue weighted by Crippen LogP contribution is -2.43. The molecule has 3 heteroatoms. The van der Waals surface area contributed by atoms with Crippen molar-refractivity contribution in [2.45, 2.75) is 27.2 Å². The minimum absolute atomic E-state index is 0.244. The van der Waals surface area contributed by atoms with Crippen LogP contribution in [0.1, 0.15) is 33.1 Å². The molecule has 1 aromatic heterocycles. The Hall–Kier alpha value is -1.90. The van der Waals surface area contributed by atoms with E-state index >= 15 is 0 Å². The fourth-order valence-corrected chi connectivity index (χ4v) is 3.59. The van der Waals surface area contributed by atoms with Crippen LogP contribution in [0.3, 0.4) is 0 Å². The van der Waals surface area contributed by atoms with Crippen LogP contribution >= 0.6 is 0 Å². The molecule has 5 unspecified atom stereocenters. The van der Waals surface area contributed by atoms with Gasteiger partial charge in [0, 0.05) is 5.57 Å². The SMILES string of the molecule is CC.CC1C2C=CC(c3nc4c(c(=O)o3)=CC3CC3C=4)=CC12. The Labute approximate surface area is 129 Å². The third-order valence-electron chi connectivity index (χ3n) is 5.19. The van der Waals surface area contributed by atoms with Gasteiger partial charge in [-0.2, -0.15) is 0 Å². The maximum atomic E-state index is 12.1. The Morgan fingerprint density at radius 1 is 1.14 bits per heavy atom. The van der Waals surface area contributed by atoms with Gasteiger partial charge in [-0.3, -0.25) is 0 Å². The van der Waals surface area contributed by atoms with Crippen molar-refractivity contribution >= 4 is 17.7 Å². The third-order valence-corrected chi connectivity index (χ3v) is 5.19. The highest BCUT2D eigenvalue weighted by Crippen LogP contribution is 2.51. The quantitative estimate of drug-likeness (QED) is 0.797. The van der Waals surface area contributed by atoms with E-state index in [0.29, 0.717) is 40.7 Å². The second kappa shape index (κ2) is 4.80. The molecule has 5 rings (SSSR count). The van der Waals surface area contributed by atoms with Crippen LogP contribution in [-0.4, -0.2) is 4.98 Å². The number of nitrogens with zero attached hydrogens (tertiary/aromatic N) is 1. The van der Waals surface area contributed by atoms with Crippen molar-refractivity contribution in [3.63, 3.8) is 0 Å². The van der Waals surface area contributed by atoms with E-state index in [0.717, 1.165) is 17.3 Å². The lowest BCUT2D eigenvalue weighted by atomic mass is 10.1. The Morgan fingerprint density at radius 2 is 1.91 bits per heavy atom. The molecule has 0 radical (unpaired) electrons. The van der Waals surface area contributed by atoms with Crippen LogP contribution in [0, 0.1) is 29.6 Å². The van der Waals surface area contributed by atoms with Gasteiger partial charge in [-0.1, -0.05) is 51.2 Å². The Balaban J connectivity index is 0.000000602. The summed E-state index contributed by atoms with van der Waals surface area (Å²) in [6.45, 7) is 6.26. The minimum atomic E-state index is -0.244. The average molecular weight is 295 g/mol. The zero-order valence-corrected chi connectivity index (χ0v) is 13.2. The molecule has 1 aromatic rings. The Bertz CT molecular complexity index is 858. The van der Waals surface area contributed by atoms with Gasteiger partial charge in [0.2, 0.25) is 5.89 Å². The van der Waals surface area contributed by atoms with Crippen LogP contribution in [0.2, 0.25) is 0 Å². The molecule has 0 aromatic carbocycles. The van der Waals surface area contributed by atoms with E-state index in [1.54, 1.807) is 0 Å². The van der Waals surface area contributed by atoms with Crippen LogP contribution < -0.4 is 16.2 Å². The van der Waals surface area contributed by atoms with Gasteiger partial charge in [0.1, 0.15) is 0 Å². The summed E-state index contributed by atoms with van der Waals surface area (Å²) in [5.41, 5.74) is 0.716. The number of fused-ring (bicyclic) bond motifs is 3. The van der Waals surface area contributed by atoms with Gasteiger partial charge in [0.25, 0.3) is 0 Å². The molecule has 0 spiro atoms. The average Bonchev–Trinajstić information content (AvgIpc) is 3.44. The predicted molar refractivity (Wildman–Crippen MR) is 87.2 cm³/mol. The van der Waals surface area contributed by atoms with E-state index in [9.17, 15) is 4.79 Å². The van der Waals surface area contributed by atoms with E-state index in [1.807, 2.05) is 19.9 Å². The van der Waals surface area contributed by atoms with Crippen LogP contribution in [0.25, 0.3) is 17.7 Å². The van der Waals surface area contributed by atoms with Gasteiger partial charge < -0.3 is 4.42 Å². The highest BCUT2D eigenvalue weighted by Gasteiger charge is 2.45. The summed E-state index contributed by atoms with van der Waals surface area (Å²) in [5, 5.41) is 1.47. The van der Waals surface area contributed by atoms with Crippen LogP contribution in [-0.2, 0) is 0 Å². The molecule has 22 heavy (non-hydrogen) atoms. The molecular formula is C19H21NO2. The molecule has 2 fully saturated rings. The fourth-order valence-electron chi connectivity index (χ4n) is 3.59. The topological polar surface area (TPSA) is 43.1 Å². The van der Waals surface area contributed by atoms with Gasteiger partial charge in [0.15, 0.2) is 0 Å². The Morgan fingerprint density at radius 3 is 2.68 bits per heavy atom. The molecule has 0 aliphatic heterocycles. The summed E-state index contributed by atoms with van der Waals surface area (Å²) in [6.07, 6.45) is 11.8. The van der Waals surface area contributed by atoms with E-state index in [2.05, 4.69) is 36.2 Å². The van der Waals surface area contributed by atoms with E-state index < -0.39 is 0 Å². The van der Waals surface area contributed by atoms with E-state index in [-0.39, 0.29) is 5.63 Å². The smallest absolute Gasteiger partial charge is 0.346 e. The van der Waals surface area contributed by atoms with Gasteiger partial charge in [-0.25, -0.2) is 9.78 Å². The lowest BCUT2D eigenvalue weighted by Gasteiger charge is -2.05. The zero-order valence-electron chi connectivity index (χ0n) is 13.2. The fraction of sp³-hybridized carbons (Fsp3) is 0.474. The van der Waals surface area contributed by atoms with Crippen molar-refractivity contribution in [2.24, 2.45) is 29.6 Å². The maximum Gasteiger partial charge on any atom is 0.346 e. The molecule has 0 amide bonds. The normalized spacial score (nSPS) is 35.4. The summed E-state index contributed by atoms with van der Waals surface area (Å²) in [5.74, 6) is 3.59. The number of aromatic nitrogens is 1. The monoisotopic (exact) mass is 295 g/mol. The van der Waals surface area contributed by atoms with Gasteiger partial charge >= 0.3 is 5.63 Å². The Kier molecular flexibility index (Phi) is 3.00. The molecule has 0 bridgehead atoms. The third kappa shape index (κ3) is 2.03. The predicted octanol–water partition coefficient (Wildman–Crippen LogP) is 2.11. The van der Waals surface area contributed by atoms with Crippen molar-refractivity contribution in [1.29, 1.82) is 0 Å². The molecule has 4 aliphatic rings. The van der Waals surface area contributed by atoms with Crippen molar-refractivity contribution in [1.82, 2.24) is 4.98 Å². The second-order valence-corrected chi connectivity index (χ2v) is 6.50. The molecule has 5 atom stereocenters. The molecule has 2 saturated carbocycles. The number of rotatable bonds is 1. The molecule has 0 N–H and O–H groups in total. The highest BCUT2D eigenvalue weighted by atomic mass is 16.4. The number of hydrogen-bond donors (Lipinski definition) is 0. The van der Waals surface area contributed by atoms with Crippen LogP contribution in [0.4, 0.5) is 0 Å². The standard InChI is InChI=1S/C17H15NO2.C2H6/c1-8-12-3-2-9(5-13(8)12)16-18-15-7-11-4-10(11)6-14(15)17(19)20-16;1-2/h2-3,5-8,10-13H,4H2,1H3;1-2H3. The lowest BCUT2D eigenvalue weighted by molar-refractivity contribution is 0.466. The van der Waals surface area contributed by atoms with Crippen LogP contribution in [0.15, 0.2) is 27.4 Å².